The third kappa shape index (κ3) is 3.29. The molecule has 1 aromatic heterocycles. The number of aromatic nitrogens is 1. The van der Waals surface area contributed by atoms with Crippen molar-refractivity contribution in [2.75, 3.05) is 16.7 Å². The lowest BCUT2D eigenvalue weighted by atomic mass is 10.1. The molecule has 136 valence electrons. The number of fused-ring (bicyclic) bond motifs is 1. The molecule has 27 heavy (non-hydrogen) atoms. The van der Waals surface area contributed by atoms with E-state index >= 15 is 0 Å². The number of likely N-dealkylation sites (N-methyl/N-ethyl adjacent to an activating group) is 1. The lowest BCUT2D eigenvalue weighted by Gasteiger charge is -2.12. The summed E-state index contributed by atoms with van der Waals surface area (Å²) in [4.78, 5) is 17.6. The maximum absolute atomic E-state index is 12.7. The highest BCUT2D eigenvalue weighted by Gasteiger charge is 2.26. The first-order chi connectivity index (χ1) is 12.9. The van der Waals surface area contributed by atoms with Gasteiger partial charge in [0.1, 0.15) is 5.82 Å². The van der Waals surface area contributed by atoms with E-state index in [1.54, 1.807) is 25.4 Å². The van der Waals surface area contributed by atoms with Gasteiger partial charge in [0.2, 0.25) is 5.91 Å². The summed E-state index contributed by atoms with van der Waals surface area (Å²) in [5, 5.41) is 0. The molecule has 1 aliphatic rings. The van der Waals surface area contributed by atoms with Crippen molar-refractivity contribution in [2.45, 2.75) is 11.3 Å². The molecular weight excluding hydrogens is 362 g/mol. The first-order valence-electron chi connectivity index (χ1n) is 8.38. The van der Waals surface area contributed by atoms with Crippen molar-refractivity contribution >= 4 is 27.4 Å². The molecule has 0 spiro atoms. The number of hydrogen-bond acceptors (Lipinski definition) is 4. The molecule has 0 fully saturated rings. The molecule has 0 atom stereocenters. The molecule has 2 heterocycles. The molecule has 7 heteroatoms. The number of nitrogens with one attached hydrogen (secondary N) is 1. The number of nitrogens with zero attached hydrogens (tertiary/aromatic N) is 2. The van der Waals surface area contributed by atoms with Gasteiger partial charge in [0, 0.05) is 24.5 Å². The van der Waals surface area contributed by atoms with Gasteiger partial charge in [-0.05, 0) is 41.5 Å². The van der Waals surface area contributed by atoms with Crippen molar-refractivity contribution in [1.29, 1.82) is 0 Å². The molecule has 0 unspecified atom stereocenters. The maximum atomic E-state index is 12.7. The Morgan fingerprint density at radius 2 is 1.78 bits per heavy atom. The summed E-state index contributed by atoms with van der Waals surface area (Å²) in [5.41, 5.74) is 3.35. The van der Waals surface area contributed by atoms with Crippen LogP contribution in [-0.4, -0.2) is 26.4 Å². The molecule has 3 aromatic rings. The highest BCUT2D eigenvalue weighted by atomic mass is 32.2. The summed E-state index contributed by atoms with van der Waals surface area (Å²) in [6.07, 6.45) is 1.84. The predicted octanol–water partition coefficient (Wildman–Crippen LogP) is 3.07. The SMILES string of the molecule is CN1C(=O)Cc2cc(S(=O)(=O)Nc3ccc(-c4ccccc4)cn3)ccc21. The molecule has 4 rings (SSSR count). The quantitative estimate of drug-likeness (QED) is 0.756. The minimum absolute atomic E-state index is 0.0503. The molecule has 0 radical (unpaired) electrons. The van der Waals surface area contributed by atoms with Crippen LogP contribution in [0, 0.1) is 0 Å². The number of carbonyl (C=O) groups excluding carboxylic acids is 1. The van der Waals surface area contributed by atoms with Crippen molar-refractivity contribution in [3.05, 3.63) is 72.4 Å². The molecule has 0 saturated carbocycles. The van der Waals surface area contributed by atoms with Crippen LogP contribution < -0.4 is 9.62 Å². The van der Waals surface area contributed by atoms with Gasteiger partial charge in [0.05, 0.1) is 11.3 Å². The van der Waals surface area contributed by atoms with E-state index in [0.29, 0.717) is 5.56 Å². The monoisotopic (exact) mass is 379 g/mol. The summed E-state index contributed by atoms with van der Waals surface area (Å²) >= 11 is 0. The number of hydrogen-bond donors (Lipinski definition) is 1. The average Bonchev–Trinajstić information content (AvgIpc) is 2.96. The van der Waals surface area contributed by atoms with Crippen molar-refractivity contribution < 1.29 is 13.2 Å². The van der Waals surface area contributed by atoms with Crippen molar-refractivity contribution in [3.63, 3.8) is 0 Å². The van der Waals surface area contributed by atoms with Crippen molar-refractivity contribution in [1.82, 2.24) is 4.98 Å². The van der Waals surface area contributed by atoms with Crippen LogP contribution in [-0.2, 0) is 21.2 Å². The van der Waals surface area contributed by atoms with Crippen LogP contribution in [0.25, 0.3) is 11.1 Å². The number of rotatable bonds is 4. The van der Waals surface area contributed by atoms with E-state index < -0.39 is 10.0 Å². The fourth-order valence-electron chi connectivity index (χ4n) is 3.07. The Labute approximate surface area is 157 Å². The van der Waals surface area contributed by atoms with Gasteiger partial charge in [-0.3, -0.25) is 9.52 Å². The second-order valence-electron chi connectivity index (χ2n) is 6.32. The lowest BCUT2D eigenvalue weighted by Crippen LogP contribution is -2.20. The predicted molar refractivity (Wildman–Crippen MR) is 104 cm³/mol. The van der Waals surface area contributed by atoms with Gasteiger partial charge >= 0.3 is 0 Å². The summed E-state index contributed by atoms with van der Waals surface area (Å²) in [6, 6.07) is 17.9. The van der Waals surface area contributed by atoms with E-state index in [4.69, 9.17) is 0 Å². The lowest BCUT2D eigenvalue weighted by molar-refractivity contribution is -0.117. The van der Waals surface area contributed by atoms with Gasteiger partial charge in [-0.15, -0.1) is 0 Å². The molecule has 0 aliphatic carbocycles. The number of sulfonamides is 1. The molecular formula is C20H17N3O3S. The number of anilines is 2. The fourth-order valence-corrected chi connectivity index (χ4v) is 4.12. The standard InChI is InChI=1S/C20H17N3O3S/c1-23-18-9-8-17(11-16(18)12-20(23)24)27(25,26)22-19-10-7-15(13-21-19)14-5-3-2-4-6-14/h2-11,13H,12H2,1H3,(H,21,22). The largest absolute Gasteiger partial charge is 0.315 e. The van der Waals surface area contributed by atoms with E-state index in [0.717, 1.165) is 16.8 Å². The summed E-state index contributed by atoms with van der Waals surface area (Å²) in [7, 11) is -2.11. The van der Waals surface area contributed by atoms with Crippen LogP contribution >= 0.6 is 0 Å². The second kappa shape index (κ2) is 6.51. The smallest absolute Gasteiger partial charge is 0.263 e. The zero-order valence-electron chi connectivity index (χ0n) is 14.6. The van der Waals surface area contributed by atoms with E-state index in [1.165, 1.54) is 17.0 Å². The normalized spacial score (nSPS) is 13.5. The molecule has 1 amide bonds. The van der Waals surface area contributed by atoms with Gasteiger partial charge in [-0.1, -0.05) is 30.3 Å². The maximum Gasteiger partial charge on any atom is 0.263 e. The number of amides is 1. The Balaban J connectivity index is 1.57. The van der Waals surface area contributed by atoms with Crippen molar-refractivity contribution in [2.24, 2.45) is 0 Å². The molecule has 0 saturated heterocycles. The summed E-state index contributed by atoms with van der Waals surface area (Å²) in [6.45, 7) is 0. The van der Waals surface area contributed by atoms with Crippen molar-refractivity contribution in [3.8, 4) is 11.1 Å². The average molecular weight is 379 g/mol. The van der Waals surface area contributed by atoms with Crippen LogP contribution in [0.5, 0.6) is 0 Å². The summed E-state index contributed by atoms with van der Waals surface area (Å²) < 4.78 is 27.8. The van der Waals surface area contributed by atoms with Crippen LogP contribution in [0.15, 0.2) is 71.8 Å². The fraction of sp³-hybridized carbons (Fsp3) is 0.100. The Morgan fingerprint density at radius 1 is 1.00 bits per heavy atom. The Hall–Kier alpha value is -3.19. The van der Waals surface area contributed by atoms with Gasteiger partial charge < -0.3 is 4.90 Å². The van der Waals surface area contributed by atoms with Gasteiger partial charge in [0.15, 0.2) is 0 Å². The molecule has 6 nitrogen and oxygen atoms in total. The van der Waals surface area contributed by atoms with Crippen LogP contribution in [0.2, 0.25) is 0 Å². The van der Waals surface area contributed by atoms with E-state index in [2.05, 4.69) is 9.71 Å². The third-order valence-electron chi connectivity index (χ3n) is 4.55. The van der Waals surface area contributed by atoms with E-state index in [-0.39, 0.29) is 23.0 Å². The highest BCUT2D eigenvalue weighted by Crippen LogP contribution is 2.30. The number of benzene rings is 2. The van der Waals surface area contributed by atoms with Gasteiger partial charge in [-0.2, -0.15) is 0 Å². The van der Waals surface area contributed by atoms with E-state index in [1.807, 2.05) is 36.4 Å². The molecule has 1 aliphatic heterocycles. The third-order valence-corrected chi connectivity index (χ3v) is 5.90. The zero-order valence-corrected chi connectivity index (χ0v) is 15.4. The van der Waals surface area contributed by atoms with Crippen LogP contribution in [0.4, 0.5) is 11.5 Å². The highest BCUT2D eigenvalue weighted by molar-refractivity contribution is 7.92. The van der Waals surface area contributed by atoms with Crippen LogP contribution in [0.3, 0.4) is 0 Å². The van der Waals surface area contributed by atoms with Gasteiger partial charge in [0.25, 0.3) is 10.0 Å². The van der Waals surface area contributed by atoms with Gasteiger partial charge in [-0.25, -0.2) is 13.4 Å². The molecule has 0 bridgehead atoms. The Morgan fingerprint density at radius 3 is 2.48 bits per heavy atom. The summed E-state index contributed by atoms with van der Waals surface area (Å²) in [5.74, 6) is 0.189. The first-order valence-corrected chi connectivity index (χ1v) is 9.86. The van der Waals surface area contributed by atoms with E-state index in [9.17, 15) is 13.2 Å². The first kappa shape index (κ1) is 17.2. The number of carbonyl (C=O) groups is 1. The van der Waals surface area contributed by atoms with Crippen LogP contribution in [0.1, 0.15) is 5.56 Å². The molecule has 2 aromatic carbocycles. The molecule has 1 N–H and O–H groups in total. The minimum atomic E-state index is -3.79. The zero-order chi connectivity index (χ0) is 19.0. The number of pyridine rings is 1. The minimum Gasteiger partial charge on any atom is -0.315 e. The topological polar surface area (TPSA) is 79.4 Å². The Bertz CT molecular complexity index is 1110. The second-order valence-corrected chi connectivity index (χ2v) is 8.01. The Kier molecular flexibility index (Phi) is 4.16.